The molecule has 0 heterocycles. The van der Waals surface area contributed by atoms with Crippen LogP contribution in [0.4, 0.5) is 4.39 Å². The molecule has 0 bridgehead atoms. The van der Waals surface area contributed by atoms with E-state index in [9.17, 15) is 9.18 Å². The third-order valence-corrected chi connectivity index (χ3v) is 3.72. The monoisotopic (exact) mass is 329 g/mol. The van der Waals surface area contributed by atoms with Crippen molar-refractivity contribution in [2.45, 2.75) is 39.3 Å². The summed E-state index contributed by atoms with van der Waals surface area (Å²) in [6.45, 7) is 5.94. The third-order valence-electron chi connectivity index (χ3n) is 3.72. The van der Waals surface area contributed by atoms with E-state index in [4.69, 9.17) is 4.74 Å². The summed E-state index contributed by atoms with van der Waals surface area (Å²) in [4.78, 5) is 12.5. The minimum atomic E-state index is -0.658. The standard InChI is InChI=1S/C20H24FNO2/c1-14(2)13-19(16-7-5-4-6-8-16)22-20(23)15(3)24-18-11-9-17(21)10-12-18/h4-12,14-15,19H,13H2,1-3H3,(H,22,23)/t15-,19-/m0/s1. The Morgan fingerprint density at radius 1 is 1.04 bits per heavy atom. The van der Waals surface area contributed by atoms with Gasteiger partial charge in [-0.3, -0.25) is 4.79 Å². The molecule has 0 aliphatic carbocycles. The van der Waals surface area contributed by atoms with E-state index < -0.39 is 6.10 Å². The highest BCUT2D eigenvalue weighted by Crippen LogP contribution is 2.21. The Morgan fingerprint density at radius 2 is 1.67 bits per heavy atom. The van der Waals surface area contributed by atoms with E-state index in [0.717, 1.165) is 12.0 Å². The van der Waals surface area contributed by atoms with E-state index >= 15 is 0 Å². The molecule has 2 rings (SSSR count). The summed E-state index contributed by atoms with van der Waals surface area (Å²) in [7, 11) is 0. The average molecular weight is 329 g/mol. The lowest BCUT2D eigenvalue weighted by Crippen LogP contribution is -2.39. The van der Waals surface area contributed by atoms with Crippen molar-refractivity contribution in [3.8, 4) is 5.75 Å². The molecular formula is C20H24FNO2. The van der Waals surface area contributed by atoms with E-state index in [-0.39, 0.29) is 17.8 Å². The number of nitrogens with one attached hydrogen (secondary N) is 1. The first-order valence-electron chi connectivity index (χ1n) is 8.23. The zero-order chi connectivity index (χ0) is 17.5. The molecule has 0 fully saturated rings. The van der Waals surface area contributed by atoms with Crippen molar-refractivity contribution in [3.05, 3.63) is 66.0 Å². The molecule has 0 saturated heterocycles. The van der Waals surface area contributed by atoms with Crippen LogP contribution in [0.3, 0.4) is 0 Å². The summed E-state index contributed by atoms with van der Waals surface area (Å²) < 4.78 is 18.5. The summed E-state index contributed by atoms with van der Waals surface area (Å²) in [6.07, 6.45) is 0.188. The molecule has 0 aliphatic rings. The minimum Gasteiger partial charge on any atom is -0.481 e. The molecule has 0 spiro atoms. The van der Waals surface area contributed by atoms with Crippen molar-refractivity contribution < 1.29 is 13.9 Å². The maximum Gasteiger partial charge on any atom is 0.261 e. The van der Waals surface area contributed by atoms with Crippen LogP contribution in [-0.2, 0) is 4.79 Å². The second-order valence-electron chi connectivity index (χ2n) is 6.32. The van der Waals surface area contributed by atoms with Gasteiger partial charge < -0.3 is 10.1 Å². The molecular weight excluding hydrogens is 305 g/mol. The van der Waals surface area contributed by atoms with Gasteiger partial charge in [-0.1, -0.05) is 44.2 Å². The number of benzene rings is 2. The highest BCUT2D eigenvalue weighted by Gasteiger charge is 2.21. The molecule has 0 radical (unpaired) electrons. The molecule has 1 N–H and O–H groups in total. The number of hydrogen-bond donors (Lipinski definition) is 1. The van der Waals surface area contributed by atoms with E-state index in [1.807, 2.05) is 30.3 Å². The smallest absolute Gasteiger partial charge is 0.261 e. The minimum absolute atomic E-state index is 0.0574. The van der Waals surface area contributed by atoms with Crippen molar-refractivity contribution in [2.24, 2.45) is 5.92 Å². The number of hydrogen-bond acceptors (Lipinski definition) is 2. The number of carbonyl (C=O) groups is 1. The van der Waals surface area contributed by atoms with Crippen LogP contribution in [0.25, 0.3) is 0 Å². The molecule has 2 aromatic carbocycles. The van der Waals surface area contributed by atoms with Gasteiger partial charge in [0, 0.05) is 0 Å². The Kier molecular flexibility index (Phi) is 6.36. The molecule has 1 amide bonds. The molecule has 2 aromatic rings. The number of amides is 1. The van der Waals surface area contributed by atoms with Gasteiger partial charge in [0.2, 0.25) is 0 Å². The van der Waals surface area contributed by atoms with Crippen LogP contribution in [0.5, 0.6) is 5.75 Å². The average Bonchev–Trinajstić information content (AvgIpc) is 2.56. The number of rotatable bonds is 7. The summed E-state index contributed by atoms with van der Waals surface area (Å²) in [5, 5.41) is 3.06. The lowest BCUT2D eigenvalue weighted by molar-refractivity contribution is -0.128. The van der Waals surface area contributed by atoms with Crippen molar-refractivity contribution in [2.75, 3.05) is 0 Å². The lowest BCUT2D eigenvalue weighted by Gasteiger charge is -2.23. The second kappa shape index (κ2) is 8.48. The molecule has 0 unspecified atom stereocenters. The first-order valence-corrected chi connectivity index (χ1v) is 8.23. The van der Waals surface area contributed by atoms with Gasteiger partial charge >= 0.3 is 0 Å². The normalized spacial score (nSPS) is 13.4. The zero-order valence-corrected chi connectivity index (χ0v) is 14.3. The number of ether oxygens (including phenoxy) is 1. The van der Waals surface area contributed by atoms with Crippen molar-refractivity contribution in [1.29, 1.82) is 0 Å². The predicted octanol–water partition coefficient (Wildman–Crippen LogP) is 4.50. The van der Waals surface area contributed by atoms with Gasteiger partial charge in [0.05, 0.1) is 6.04 Å². The van der Waals surface area contributed by atoms with Crippen LogP contribution in [0.2, 0.25) is 0 Å². The van der Waals surface area contributed by atoms with Crippen LogP contribution >= 0.6 is 0 Å². The van der Waals surface area contributed by atoms with Crippen LogP contribution in [-0.4, -0.2) is 12.0 Å². The quantitative estimate of drug-likeness (QED) is 0.812. The Morgan fingerprint density at radius 3 is 2.25 bits per heavy atom. The van der Waals surface area contributed by atoms with E-state index in [2.05, 4.69) is 19.2 Å². The van der Waals surface area contributed by atoms with Crippen LogP contribution in [0.15, 0.2) is 54.6 Å². The first kappa shape index (κ1) is 18.0. The van der Waals surface area contributed by atoms with E-state index in [0.29, 0.717) is 11.7 Å². The highest BCUT2D eigenvalue weighted by molar-refractivity contribution is 5.81. The fourth-order valence-corrected chi connectivity index (χ4v) is 2.49. The van der Waals surface area contributed by atoms with Gasteiger partial charge in [-0.2, -0.15) is 0 Å². The SMILES string of the molecule is CC(C)C[C@H](NC(=O)[C@H](C)Oc1ccc(F)cc1)c1ccccc1. The fraction of sp³-hybridized carbons (Fsp3) is 0.350. The van der Waals surface area contributed by atoms with Gasteiger partial charge in [-0.15, -0.1) is 0 Å². The molecule has 0 aromatic heterocycles. The molecule has 2 atom stereocenters. The topological polar surface area (TPSA) is 38.3 Å². The number of carbonyl (C=O) groups excluding carboxylic acids is 1. The molecule has 0 aliphatic heterocycles. The molecule has 128 valence electrons. The van der Waals surface area contributed by atoms with Crippen LogP contribution in [0, 0.1) is 11.7 Å². The van der Waals surface area contributed by atoms with Gasteiger partial charge in [0.15, 0.2) is 6.10 Å². The van der Waals surface area contributed by atoms with Gasteiger partial charge in [0.25, 0.3) is 5.91 Å². The van der Waals surface area contributed by atoms with Crippen LogP contribution < -0.4 is 10.1 Å². The maximum atomic E-state index is 12.9. The summed E-state index contributed by atoms with van der Waals surface area (Å²) in [5.74, 6) is 0.400. The summed E-state index contributed by atoms with van der Waals surface area (Å²) in [5.41, 5.74) is 1.08. The third kappa shape index (κ3) is 5.37. The fourth-order valence-electron chi connectivity index (χ4n) is 2.49. The molecule has 24 heavy (non-hydrogen) atoms. The van der Waals surface area contributed by atoms with Gasteiger partial charge in [-0.25, -0.2) is 4.39 Å². The Labute approximate surface area is 142 Å². The van der Waals surface area contributed by atoms with Gasteiger partial charge in [-0.05, 0) is 49.1 Å². The lowest BCUT2D eigenvalue weighted by atomic mass is 9.97. The largest absolute Gasteiger partial charge is 0.481 e. The highest BCUT2D eigenvalue weighted by atomic mass is 19.1. The van der Waals surface area contributed by atoms with E-state index in [1.54, 1.807) is 6.92 Å². The van der Waals surface area contributed by atoms with Crippen molar-refractivity contribution in [3.63, 3.8) is 0 Å². The zero-order valence-electron chi connectivity index (χ0n) is 14.3. The molecule has 4 heteroatoms. The maximum absolute atomic E-state index is 12.9. The van der Waals surface area contributed by atoms with Crippen molar-refractivity contribution >= 4 is 5.91 Å². The summed E-state index contributed by atoms with van der Waals surface area (Å²) >= 11 is 0. The van der Waals surface area contributed by atoms with E-state index in [1.165, 1.54) is 24.3 Å². The predicted molar refractivity (Wildman–Crippen MR) is 93.3 cm³/mol. The van der Waals surface area contributed by atoms with Crippen LogP contribution in [0.1, 0.15) is 38.8 Å². The molecule has 0 saturated carbocycles. The molecule has 3 nitrogen and oxygen atoms in total. The number of halogens is 1. The second-order valence-corrected chi connectivity index (χ2v) is 6.32. The Balaban J connectivity index is 2.02. The summed E-state index contributed by atoms with van der Waals surface area (Å²) in [6, 6.07) is 15.5. The van der Waals surface area contributed by atoms with Crippen molar-refractivity contribution in [1.82, 2.24) is 5.32 Å². The van der Waals surface area contributed by atoms with Gasteiger partial charge in [0.1, 0.15) is 11.6 Å². The Hall–Kier alpha value is -2.36. The first-order chi connectivity index (χ1) is 11.5. The Bertz CT molecular complexity index is 640.